The van der Waals surface area contributed by atoms with Crippen molar-refractivity contribution in [2.75, 3.05) is 0 Å². The van der Waals surface area contributed by atoms with Gasteiger partial charge >= 0.3 is 0 Å². The Morgan fingerprint density at radius 1 is 1.07 bits per heavy atom. The average Bonchev–Trinajstić information content (AvgIpc) is 2.20. The molecule has 0 amide bonds. The molecule has 0 unspecified atom stereocenters. The average molecular weight is 199 g/mol. The van der Waals surface area contributed by atoms with Crippen molar-refractivity contribution in [2.24, 2.45) is 0 Å². The molecule has 2 nitrogen and oxygen atoms in total. The summed E-state index contributed by atoms with van der Waals surface area (Å²) < 4.78 is 0. The summed E-state index contributed by atoms with van der Waals surface area (Å²) >= 11 is 0. The Kier molecular flexibility index (Phi) is 2.42. The molecule has 2 rings (SSSR count). The largest absolute Gasteiger partial charge is 0.329 e. The van der Waals surface area contributed by atoms with E-state index in [9.17, 15) is 4.79 Å². The van der Waals surface area contributed by atoms with Gasteiger partial charge in [0.1, 0.15) is 0 Å². The summed E-state index contributed by atoms with van der Waals surface area (Å²) in [6.07, 6.45) is 1.65. The standard InChI is InChI=1S/C13H13NO/c1-9-5-6-11(10(2)8-9)12-4-3-7-14-13(12)15/h3-8H,1-2H3,(H,14,15). The van der Waals surface area contributed by atoms with Crippen LogP contribution in [0.15, 0.2) is 41.3 Å². The predicted molar refractivity (Wildman–Crippen MR) is 62.0 cm³/mol. The number of H-pyrrole nitrogens is 1. The van der Waals surface area contributed by atoms with Crippen molar-refractivity contribution in [2.45, 2.75) is 13.8 Å². The SMILES string of the molecule is Cc1ccc(-c2ccc[nH]c2=O)c(C)c1. The van der Waals surface area contributed by atoms with Crippen molar-refractivity contribution in [3.63, 3.8) is 0 Å². The Labute approximate surface area is 88.6 Å². The lowest BCUT2D eigenvalue weighted by Gasteiger charge is -2.05. The fraction of sp³-hybridized carbons (Fsp3) is 0.154. The Morgan fingerprint density at radius 2 is 1.87 bits per heavy atom. The van der Waals surface area contributed by atoms with Crippen molar-refractivity contribution in [3.05, 3.63) is 58.0 Å². The maximum Gasteiger partial charge on any atom is 0.255 e. The van der Waals surface area contributed by atoms with E-state index < -0.39 is 0 Å². The van der Waals surface area contributed by atoms with Crippen LogP contribution in [0.1, 0.15) is 11.1 Å². The van der Waals surface area contributed by atoms with Gasteiger partial charge in [0.25, 0.3) is 5.56 Å². The lowest BCUT2D eigenvalue weighted by atomic mass is 10.0. The van der Waals surface area contributed by atoms with Gasteiger partial charge in [0, 0.05) is 11.8 Å². The molecule has 76 valence electrons. The van der Waals surface area contributed by atoms with Crippen LogP contribution in [0.25, 0.3) is 11.1 Å². The highest BCUT2D eigenvalue weighted by molar-refractivity contribution is 5.66. The zero-order valence-electron chi connectivity index (χ0n) is 8.87. The third-order valence-electron chi connectivity index (χ3n) is 2.49. The fourth-order valence-electron chi connectivity index (χ4n) is 1.75. The van der Waals surface area contributed by atoms with Crippen LogP contribution in [0.4, 0.5) is 0 Å². The molecule has 1 heterocycles. The Morgan fingerprint density at radius 3 is 2.53 bits per heavy atom. The molecule has 15 heavy (non-hydrogen) atoms. The zero-order valence-corrected chi connectivity index (χ0v) is 8.87. The zero-order chi connectivity index (χ0) is 10.8. The number of pyridine rings is 1. The number of hydrogen-bond donors (Lipinski definition) is 1. The van der Waals surface area contributed by atoms with E-state index >= 15 is 0 Å². The van der Waals surface area contributed by atoms with E-state index in [1.807, 2.05) is 38.1 Å². The van der Waals surface area contributed by atoms with Gasteiger partial charge in [0.05, 0.1) is 0 Å². The lowest BCUT2D eigenvalue weighted by Crippen LogP contribution is -2.07. The normalized spacial score (nSPS) is 10.3. The van der Waals surface area contributed by atoms with E-state index in [1.165, 1.54) is 5.56 Å². The van der Waals surface area contributed by atoms with Crippen LogP contribution < -0.4 is 5.56 Å². The van der Waals surface area contributed by atoms with Gasteiger partial charge in [-0.2, -0.15) is 0 Å². The molecule has 1 N–H and O–H groups in total. The highest BCUT2D eigenvalue weighted by atomic mass is 16.1. The van der Waals surface area contributed by atoms with E-state index in [2.05, 4.69) is 11.1 Å². The molecule has 1 aromatic heterocycles. The van der Waals surface area contributed by atoms with Crippen molar-refractivity contribution >= 4 is 0 Å². The maximum absolute atomic E-state index is 11.6. The minimum atomic E-state index is -0.0375. The molecule has 2 heteroatoms. The Bertz CT molecular complexity index is 540. The second kappa shape index (κ2) is 3.73. The van der Waals surface area contributed by atoms with Crippen LogP contribution in [0.5, 0.6) is 0 Å². The molecule has 0 fully saturated rings. The molecule has 2 aromatic rings. The number of aryl methyl sites for hydroxylation is 2. The van der Waals surface area contributed by atoms with Gasteiger partial charge in [-0.25, -0.2) is 0 Å². The molecular formula is C13H13NO. The molecule has 0 saturated carbocycles. The van der Waals surface area contributed by atoms with Gasteiger partial charge in [0.15, 0.2) is 0 Å². The van der Waals surface area contributed by atoms with Gasteiger partial charge in [-0.1, -0.05) is 23.8 Å². The summed E-state index contributed by atoms with van der Waals surface area (Å²) in [7, 11) is 0. The monoisotopic (exact) mass is 199 g/mol. The second-order valence-electron chi connectivity index (χ2n) is 3.73. The molecule has 0 radical (unpaired) electrons. The van der Waals surface area contributed by atoms with E-state index in [0.717, 1.165) is 16.7 Å². The highest BCUT2D eigenvalue weighted by Crippen LogP contribution is 2.20. The first-order valence-electron chi connectivity index (χ1n) is 4.94. The molecule has 0 atom stereocenters. The molecule has 0 aliphatic rings. The third-order valence-corrected chi connectivity index (χ3v) is 2.49. The van der Waals surface area contributed by atoms with Crippen molar-refractivity contribution in [1.82, 2.24) is 4.98 Å². The molecule has 0 bridgehead atoms. The number of hydrogen-bond acceptors (Lipinski definition) is 1. The van der Waals surface area contributed by atoms with E-state index in [1.54, 1.807) is 6.20 Å². The second-order valence-corrected chi connectivity index (χ2v) is 3.73. The number of rotatable bonds is 1. The number of benzene rings is 1. The quantitative estimate of drug-likeness (QED) is 0.752. The van der Waals surface area contributed by atoms with Gasteiger partial charge < -0.3 is 4.98 Å². The predicted octanol–water partition coefficient (Wildman–Crippen LogP) is 2.66. The molecule has 0 aliphatic carbocycles. The summed E-state index contributed by atoms with van der Waals surface area (Å²) in [5, 5.41) is 0. The summed E-state index contributed by atoms with van der Waals surface area (Å²) in [5.74, 6) is 0. The molecule has 0 spiro atoms. The van der Waals surface area contributed by atoms with Crippen LogP contribution >= 0.6 is 0 Å². The summed E-state index contributed by atoms with van der Waals surface area (Å²) in [5.41, 5.74) is 4.04. The first kappa shape index (κ1) is 9.71. The number of nitrogens with one attached hydrogen (secondary N) is 1. The topological polar surface area (TPSA) is 32.9 Å². The van der Waals surface area contributed by atoms with Gasteiger partial charge in [-0.05, 0) is 37.1 Å². The van der Waals surface area contributed by atoms with Crippen LogP contribution in [0, 0.1) is 13.8 Å². The van der Waals surface area contributed by atoms with Crippen LogP contribution in [-0.2, 0) is 0 Å². The first-order valence-corrected chi connectivity index (χ1v) is 4.94. The van der Waals surface area contributed by atoms with E-state index in [0.29, 0.717) is 0 Å². The lowest BCUT2D eigenvalue weighted by molar-refractivity contribution is 1.23. The van der Waals surface area contributed by atoms with Crippen LogP contribution in [0.3, 0.4) is 0 Å². The number of aromatic amines is 1. The smallest absolute Gasteiger partial charge is 0.255 e. The van der Waals surface area contributed by atoms with Gasteiger partial charge in [-0.15, -0.1) is 0 Å². The summed E-state index contributed by atoms with van der Waals surface area (Å²) in [4.78, 5) is 14.3. The van der Waals surface area contributed by atoms with Crippen molar-refractivity contribution < 1.29 is 0 Å². The maximum atomic E-state index is 11.6. The molecule has 1 aromatic carbocycles. The first-order chi connectivity index (χ1) is 7.18. The highest BCUT2D eigenvalue weighted by Gasteiger charge is 2.04. The molecular weight excluding hydrogens is 186 g/mol. The minimum absolute atomic E-state index is 0.0375. The minimum Gasteiger partial charge on any atom is -0.329 e. The van der Waals surface area contributed by atoms with Gasteiger partial charge in [0.2, 0.25) is 0 Å². The number of aromatic nitrogens is 1. The van der Waals surface area contributed by atoms with E-state index in [-0.39, 0.29) is 5.56 Å². The summed E-state index contributed by atoms with van der Waals surface area (Å²) in [6.45, 7) is 4.07. The van der Waals surface area contributed by atoms with Crippen molar-refractivity contribution in [3.8, 4) is 11.1 Å². The van der Waals surface area contributed by atoms with Crippen molar-refractivity contribution in [1.29, 1.82) is 0 Å². The Balaban J connectivity index is 2.65. The van der Waals surface area contributed by atoms with Crippen LogP contribution in [-0.4, -0.2) is 4.98 Å². The Hall–Kier alpha value is -1.83. The van der Waals surface area contributed by atoms with Gasteiger partial charge in [-0.3, -0.25) is 4.79 Å². The third kappa shape index (κ3) is 1.84. The van der Waals surface area contributed by atoms with E-state index in [4.69, 9.17) is 0 Å². The fourth-order valence-corrected chi connectivity index (χ4v) is 1.75. The summed E-state index contributed by atoms with van der Waals surface area (Å²) in [6, 6.07) is 9.79. The molecule has 0 saturated heterocycles. The van der Waals surface area contributed by atoms with Crippen LogP contribution in [0.2, 0.25) is 0 Å². The molecule has 0 aliphatic heterocycles.